The van der Waals surface area contributed by atoms with Crippen LogP contribution in [-0.4, -0.2) is 41.3 Å². The first kappa shape index (κ1) is 18.2. The second kappa shape index (κ2) is 7.77. The third kappa shape index (κ3) is 4.00. The number of hydrogen-bond acceptors (Lipinski definition) is 7. The molecular formula is C19H20N4O4. The summed E-state index contributed by atoms with van der Waals surface area (Å²) in [6.45, 7) is 1.55. The summed E-state index contributed by atoms with van der Waals surface area (Å²) < 4.78 is 10.6. The summed E-state index contributed by atoms with van der Waals surface area (Å²) in [4.78, 5) is 20.2. The Morgan fingerprint density at radius 1 is 1.11 bits per heavy atom. The van der Waals surface area contributed by atoms with Crippen LogP contribution in [0.5, 0.6) is 11.5 Å². The van der Waals surface area contributed by atoms with Crippen molar-refractivity contribution in [1.29, 1.82) is 0 Å². The van der Waals surface area contributed by atoms with Crippen LogP contribution < -0.4 is 20.1 Å². The van der Waals surface area contributed by atoms with Gasteiger partial charge in [0.15, 0.2) is 0 Å². The molecule has 2 aromatic carbocycles. The third-order valence-electron chi connectivity index (χ3n) is 3.98. The molecule has 1 heterocycles. The highest BCUT2D eigenvalue weighted by Gasteiger charge is 2.15. The van der Waals surface area contributed by atoms with Crippen molar-refractivity contribution in [3.63, 3.8) is 0 Å². The van der Waals surface area contributed by atoms with Gasteiger partial charge in [0.2, 0.25) is 5.95 Å². The maximum absolute atomic E-state index is 11.2. The summed E-state index contributed by atoms with van der Waals surface area (Å²) in [6.07, 6.45) is 0. The van der Waals surface area contributed by atoms with E-state index < -0.39 is 12.0 Å². The SMILES string of the molecule is COc1ccc(OC)c(Nc2nc(NC(C)C(=O)O)c3ccccc3n2)c1. The van der Waals surface area contributed by atoms with E-state index >= 15 is 0 Å². The van der Waals surface area contributed by atoms with Crippen molar-refractivity contribution in [2.45, 2.75) is 13.0 Å². The van der Waals surface area contributed by atoms with Gasteiger partial charge in [-0.2, -0.15) is 4.98 Å². The average Bonchev–Trinajstić information content (AvgIpc) is 2.67. The number of benzene rings is 2. The molecular weight excluding hydrogens is 348 g/mol. The predicted molar refractivity (Wildman–Crippen MR) is 103 cm³/mol. The number of rotatable bonds is 7. The Kier molecular flexibility index (Phi) is 5.25. The molecule has 8 heteroatoms. The number of fused-ring (bicyclic) bond motifs is 1. The maximum Gasteiger partial charge on any atom is 0.325 e. The Labute approximate surface area is 156 Å². The molecule has 3 aromatic rings. The van der Waals surface area contributed by atoms with Gasteiger partial charge in [0, 0.05) is 11.5 Å². The van der Waals surface area contributed by atoms with Crippen LogP contribution in [0.25, 0.3) is 10.9 Å². The molecule has 0 aliphatic carbocycles. The van der Waals surface area contributed by atoms with Gasteiger partial charge < -0.3 is 25.2 Å². The standard InChI is InChI=1S/C19H20N4O4/c1-11(18(24)25)20-17-13-6-4-5-7-14(13)21-19(23-17)22-15-10-12(26-2)8-9-16(15)27-3/h4-11H,1-3H3,(H,24,25)(H2,20,21,22,23). The summed E-state index contributed by atoms with van der Waals surface area (Å²) >= 11 is 0. The second-order valence-electron chi connectivity index (χ2n) is 5.81. The minimum absolute atomic E-state index is 0.306. The van der Waals surface area contributed by atoms with Crippen LogP contribution in [0.4, 0.5) is 17.5 Å². The Bertz CT molecular complexity index is 977. The Morgan fingerprint density at radius 2 is 1.89 bits per heavy atom. The number of ether oxygens (including phenoxy) is 2. The van der Waals surface area contributed by atoms with E-state index in [2.05, 4.69) is 20.6 Å². The average molecular weight is 368 g/mol. The molecule has 8 nitrogen and oxygen atoms in total. The van der Waals surface area contributed by atoms with Gasteiger partial charge in [0.05, 0.1) is 25.4 Å². The zero-order valence-electron chi connectivity index (χ0n) is 15.2. The summed E-state index contributed by atoms with van der Waals surface area (Å²) in [5.74, 6) is 1.01. The highest BCUT2D eigenvalue weighted by Crippen LogP contribution is 2.32. The molecule has 1 unspecified atom stereocenters. The topological polar surface area (TPSA) is 106 Å². The fourth-order valence-corrected chi connectivity index (χ4v) is 2.54. The minimum Gasteiger partial charge on any atom is -0.497 e. The van der Waals surface area contributed by atoms with Crippen molar-refractivity contribution in [2.24, 2.45) is 0 Å². The normalized spacial score (nSPS) is 11.7. The first-order valence-electron chi connectivity index (χ1n) is 8.27. The molecule has 1 atom stereocenters. The molecule has 0 bridgehead atoms. The fraction of sp³-hybridized carbons (Fsp3) is 0.211. The zero-order chi connectivity index (χ0) is 19.4. The molecule has 3 rings (SSSR count). The van der Waals surface area contributed by atoms with E-state index in [-0.39, 0.29) is 0 Å². The zero-order valence-corrected chi connectivity index (χ0v) is 15.2. The number of carboxylic acids is 1. The van der Waals surface area contributed by atoms with Gasteiger partial charge in [0.1, 0.15) is 23.4 Å². The summed E-state index contributed by atoms with van der Waals surface area (Å²) in [7, 11) is 3.14. The van der Waals surface area contributed by atoms with Gasteiger partial charge in [-0.25, -0.2) is 4.98 Å². The predicted octanol–water partition coefficient (Wildman–Crippen LogP) is 3.28. The lowest BCUT2D eigenvalue weighted by atomic mass is 10.2. The van der Waals surface area contributed by atoms with Crippen molar-refractivity contribution in [2.75, 3.05) is 24.9 Å². The molecule has 0 saturated heterocycles. The van der Waals surface area contributed by atoms with Crippen LogP contribution in [0.15, 0.2) is 42.5 Å². The Morgan fingerprint density at radius 3 is 2.59 bits per heavy atom. The quantitative estimate of drug-likeness (QED) is 0.583. The van der Waals surface area contributed by atoms with Gasteiger partial charge in [-0.05, 0) is 31.2 Å². The summed E-state index contributed by atoms with van der Waals surface area (Å²) in [5, 5.41) is 16.0. The van der Waals surface area contributed by atoms with E-state index in [1.54, 1.807) is 39.3 Å². The lowest BCUT2D eigenvalue weighted by Crippen LogP contribution is -2.26. The van der Waals surface area contributed by atoms with Crippen LogP contribution in [0.1, 0.15) is 6.92 Å². The Balaban J connectivity index is 2.04. The van der Waals surface area contributed by atoms with Crippen LogP contribution in [0, 0.1) is 0 Å². The smallest absolute Gasteiger partial charge is 0.325 e. The molecule has 0 fully saturated rings. The minimum atomic E-state index is -0.971. The van der Waals surface area contributed by atoms with Crippen molar-refractivity contribution >= 4 is 34.3 Å². The molecule has 0 saturated carbocycles. The van der Waals surface area contributed by atoms with E-state index in [0.717, 1.165) is 5.39 Å². The highest BCUT2D eigenvalue weighted by molar-refractivity contribution is 5.92. The molecule has 27 heavy (non-hydrogen) atoms. The van der Waals surface area contributed by atoms with Crippen LogP contribution >= 0.6 is 0 Å². The van der Waals surface area contributed by atoms with Crippen molar-refractivity contribution < 1.29 is 19.4 Å². The van der Waals surface area contributed by atoms with Gasteiger partial charge in [0.25, 0.3) is 0 Å². The lowest BCUT2D eigenvalue weighted by Gasteiger charge is -2.15. The molecule has 3 N–H and O–H groups in total. The molecule has 0 spiro atoms. The largest absolute Gasteiger partial charge is 0.497 e. The third-order valence-corrected chi connectivity index (χ3v) is 3.98. The van der Waals surface area contributed by atoms with Crippen LogP contribution in [0.2, 0.25) is 0 Å². The number of aromatic nitrogens is 2. The van der Waals surface area contributed by atoms with E-state index in [4.69, 9.17) is 9.47 Å². The van der Waals surface area contributed by atoms with E-state index in [9.17, 15) is 9.90 Å². The second-order valence-corrected chi connectivity index (χ2v) is 5.81. The van der Waals surface area contributed by atoms with E-state index in [0.29, 0.717) is 34.5 Å². The molecule has 1 aromatic heterocycles. The van der Waals surface area contributed by atoms with Crippen LogP contribution in [0.3, 0.4) is 0 Å². The summed E-state index contributed by atoms with van der Waals surface area (Å²) in [6, 6.07) is 11.9. The number of aliphatic carboxylic acids is 1. The van der Waals surface area contributed by atoms with Crippen molar-refractivity contribution in [3.8, 4) is 11.5 Å². The van der Waals surface area contributed by atoms with Crippen molar-refractivity contribution in [1.82, 2.24) is 9.97 Å². The van der Waals surface area contributed by atoms with E-state index in [1.807, 2.05) is 24.3 Å². The molecule has 140 valence electrons. The van der Waals surface area contributed by atoms with Gasteiger partial charge in [-0.1, -0.05) is 12.1 Å². The van der Waals surface area contributed by atoms with Crippen molar-refractivity contribution in [3.05, 3.63) is 42.5 Å². The lowest BCUT2D eigenvalue weighted by molar-refractivity contribution is -0.137. The molecule has 0 aliphatic heterocycles. The number of nitrogens with one attached hydrogen (secondary N) is 2. The van der Waals surface area contributed by atoms with Gasteiger partial charge in [-0.3, -0.25) is 4.79 Å². The summed E-state index contributed by atoms with van der Waals surface area (Å²) in [5.41, 5.74) is 1.31. The number of nitrogens with zero attached hydrogens (tertiary/aromatic N) is 2. The number of carbonyl (C=O) groups is 1. The maximum atomic E-state index is 11.2. The number of anilines is 3. The van der Waals surface area contributed by atoms with E-state index in [1.165, 1.54) is 0 Å². The fourth-order valence-electron chi connectivity index (χ4n) is 2.54. The molecule has 0 aliphatic rings. The Hall–Kier alpha value is -3.55. The molecule has 0 radical (unpaired) electrons. The van der Waals surface area contributed by atoms with Gasteiger partial charge in [-0.15, -0.1) is 0 Å². The highest BCUT2D eigenvalue weighted by atomic mass is 16.5. The number of carboxylic acid groups (broad SMARTS) is 1. The number of para-hydroxylation sites is 1. The number of methoxy groups -OCH3 is 2. The number of hydrogen-bond donors (Lipinski definition) is 3. The monoisotopic (exact) mass is 368 g/mol. The molecule has 0 amide bonds. The van der Waals surface area contributed by atoms with Crippen LogP contribution in [-0.2, 0) is 4.79 Å². The first-order valence-corrected chi connectivity index (χ1v) is 8.27. The first-order chi connectivity index (χ1) is 13.0. The van der Waals surface area contributed by atoms with Gasteiger partial charge >= 0.3 is 5.97 Å².